The Morgan fingerprint density at radius 1 is 1.08 bits per heavy atom. The zero-order valence-electron chi connectivity index (χ0n) is 13.7. The molecule has 2 N–H and O–H groups in total. The van der Waals surface area contributed by atoms with E-state index in [-0.39, 0.29) is 5.92 Å². The largest absolute Gasteiger partial charge is 0.489 e. The quantitative estimate of drug-likeness (QED) is 0.819. The topological polar surface area (TPSA) is 75.6 Å². The van der Waals surface area contributed by atoms with Gasteiger partial charge in [-0.1, -0.05) is 50.2 Å². The first kappa shape index (κ1) is 17.5. The zero-order valence-corrected chi connectivity index (χ0v) is 13.7. The number of ether oxygens (including phenoxy) is 1. The van der Waals surface area contributed by atoms with Crippen LogP contribution in [0.1, 0.15) is 29.8 Å². The van der Waals surface area contributed by atoms with Crippen molar-refractivity contribution < 1.29 is 19.4 Å². The van der Waals surface area contributed by atoms with E-state index in [1.807, 2.05) is 30.3 Å². The number of hydrogen-bond donors (Lipinski definition) is 2. The fraction of sp³-hybridized carbons (Fsp3) is 0.263. The van der Waals surface area contributed by atoms with Crippen molar-refractivity contribution in [3.05, 3.63) is 65.7 Å². The number of rotatable bonds is 7. The molecule has 1 atom stereocenters. The summed E-state index contributed by atoms with van der Waals surface area (Å²) in [5, 5.41) is 11.7. The van der Waals surface area contributed by atoms with Crippen molar-refractivity contribution in [2.24, 2.45) is 5.92 Å². The average molecular weight is 327 g/mol. The summed E-state index contributed by atoms with van der Waals surface area (Å²) in [5.41, 5.74) is 1.39. The van der Waals surface area contributed by atoms with E-state index in [0.29, 0.717) is 17.9 Å². The van der Waals surface area contributed by atoms with Crippen LogP contribution in [0.3, 0.4) is 0 Å². The van der Waals surface area contributed by atoms with Crippen LogP contribution in [0.25, 0.3) is 0 Å². The van der Waals surface area contributed by atoms with Gasteiger partial charge in [0.2, 0.25) is 0 Å². The Morgan fingerprint density at radius 2 is 1.79 bits per heavy atom. The van der Waals surface area contributed by atoms with Gasteiger partial charge in [0.25, 0.3) is 5.91 Å². The van der Waals surface area contributed by atoms with Crippen molar-refractivity contribution in [2.45, 2.75) is 26.5 Å². The van der Waals surface area contributed by atoms with Gasteiger partial charge in [0.05, 0.1) is 0 Å². The SMILES string of the molecule is CC(C)[C@H](NC(=O)c1cccc(OCc2ccccc2)c1)C(=O)O. The summed E-state index contributed by atoms with van der Waals surface area (Å²) in [7, 11) is 0. The second-order valence-electron chi connectivity index (χ2n) is 5.84. The Bertz CT molecular complexity index is 698. The molecule has 0 bridgehead atoms. The predicted molar refractivity (Wildman–Crippen MR) is 90.9 cm³/mol. The third-order valence-electron chi connectivity index (χ3n) is 3.56. The van der Waals surface area contributed by atoms with Crippen LogP contribution in [-0.2, 0) is 11.4 Å². The molecule has 5 heteroatoms. The molecule has 0 aliphatic carbocycles. The van der Waals surface area contributed by atoms with E-state index in [1.54, 1.807) is 38.1 Å². The highest BCUT2D eigenvalue weighted by Gasteiger charge is 2.24. The molecule has 126 valence electrons. The number of aliphatic carboxylic acids is 1. The van der Waals surface area contributed by atoms with Crippen molar-refractivity contribution in [2.75, 3.05) is 0 Å². The lowest BCUT2D eigenvalue weighted by Crippen LogP contribution is -2.44. The molecule has 0 heterocycles. The lowest BCUT2D eigenvalue weighted by molar-refractivity contribution is -0.140. The van der Waals surface area contributed by atoms with Gasteiger partial charge in [0, 0.05) is 5.56 Å². The van der Waals surface area contributed by atoms with Crippen LogP contribution in [0.15, 0.2) is 54.6 Å². The number of carboxylic acid groups (broad SMARTS) is 1. The number of hydrogen-bond acceptors (Lipinski definition) is 3. The first-order chi connectivity index (χ1) is 11.5. The molecule has 2 aromatic rings. The minimum atomic E-state index is -1.05. The van der Waals surface area contributed by atoms with Crippen LogP contribution in [0.2, 0.25) is 0 Å². The van der Waals surface area contributed by atoms with Gasteiger partial charge >= 0.3 is 5.97 Å². The highest BCUT2D eigenvalue weighted by atomic mass is 16.5. The van der Waals surface area contributed by atoms with Crippen LogP contribution < -0.4 is 10.1 Å². The minimum absolute atomic E-state index is 0.205. The van der Waals surface area contributed by atoms with Gasteiger partial charge in [-0.25, -0.2) is 4.79 Å². The zero-order chi connectivity index (χ0) is 17.5. The van der Waals surface area contributed by atoms with E-state index in [9.17, 15) is 9.59 Å². The molecular formula is C19H21NO4. The number of nitrogens with one attached hydrogen (secondary N) is 1. The maximum atomic E-state index is 12.3. The molecule has 24 heavy (non-hydrogen) atoms. The molecule has 0 saturated carbocycles. The number of benzene rings is 2. The van der Waals surface area contributed by atoms with E-state index in [4.69, 9.17) is 9.84 Å². The molecule has 0 spiro atoms. The summed E-state index contributed by atoms with van der Waals surface area (Å²) < 4.78 is 5.69. The molecule has 0 unspecified atom stereocenters. The van der Waals surface area contributed by atoms with Crippen LogP contribution in [0, 0.1) is 5.92 Å². The molecule has 0 aromatic heterocycles. The van der Waals surface area contributed by atoms with E-state index in [2.05, 4.69) is 5.32 Å². The van der Waals surface area contributed by atoms with E-state index in [0.717, 1.165) is 5.56 Å². The summed E-state index contributed by atoms with van der Waals surface area (Å²) in [6.45, 7) is 3.90. The van der Waals surface area contributed by atoms with Crippen LogP contribution in [0.5, 0.6) is 5.75 Å². The van der Waals surface area contributed by atoms with Gasteiger partial charge in [0.15, 0.2) is 0 Å². The summed E-state index contributed by atoms with van der Waals surface area (Å²) in [6, 6.07) is 15.5. The first-order valence-electron chi connectivity index (χ1n) is 7.78. The fourth-order valence-electron chi connectivity index (χ4n) is 2.21. The number of amides is 1. The lowest BCUT2D eigenvalue weighted by atomic mass is 10.0. The minimum Gasteiger partial charge on any atom is -0.489 e. The first-order valence-corrected chi connectivity index (χ1v) is 7.78. The van der Waals surface area contributed by atoms with Crippen LogP contribution in [0.4, 0.5) is 0 Å². The van der Waals surface area contributed by atoms with Gasteiger partial charge in [-0.15, -0.1) is 0 Å². The van der Waals surface area contributed by atoms with Crippen LogP contribution >= 0.6 is 0 Å². The summed E-state index contributed by atoms with van der Waals surface area (Å²) >= 11 is 0. The monoisotopic (exact) mass is 327 g/mol. The van der Waals surface area contributed by atoms with Crippen molar-refractivity contribution in [3.63, 3.8) is 0 Å². The van der Waals surface area contributed by atoms with Gasteiger partial charge in [-0.2, -0.15) is 0 Å². The molecule has 0 fully saturated rings. The molecule has 2 rings (SSSR count). The molecule has 2 aromatic carbocycles. The van der Waals surface area contributed by atoms with Gasteiger partial charge in [0.1, 0.15) is 18.4 Å². The van der Waals surface area contributed by atoms with E-state index < -0.39 is 17.9 Å². The summed E-state index contributed by atoms with van der Waals surface area (Å²) in [6.07, 6.45) is 0. The Morgan fingerprint density at radius 3 is 2.42 bits per heavy atom. The van der Waals surface area contributed by atoms with Crippen LogP contribution in [-0.4, -0.2) is 23.0 Å². The van der Waals surface area contributed by atoms with Crippen molar-refractivity contribution in [1.82, 2.24) is 5.32 Å². The molecular weight excluding hydrogens is 306 g/mol. The maximum absolute atomic E-state index is 12.3. The van der Waals surface area contributed by atoms with E-state index in [1.165, 1.54) is 0 Å². The number of carbonyl (C=O) groups excluding carboxylic acids is 1. The second-order valence-corrected chi connectivity index (χ2v) is 5.84. The van der Waals surface area contributed by atoms with Gasteiger partial charge < -0.3 is 15.2 Å². The molecule has 1 amide bonds. The molecule has 0 saturated heterocycles. The summed E-state index contributed by atoms with van der Waals surface area (Å²) in [4.78, 5) is 23.5. The third-order valence-corrected chi connectivity index (χ3v) is 3.56. The van der Waals surface area contributed by atoms with Crippen molar-refractivity contribution in [3.8, 4) is 5.75 Å². The van der Waals surface area contributed by atoms with E-state index >= 15 is 0 Å². The maximum Gasteiger partial charge on any atom is 0.326 e. The third kappa shape index (κ3) is 4.84. The second kappa shape index (κ2) is 8.15. The Labute approximate surface area is 141 Å². The number of carboxylic acids is 1. The average Bonchev–Trinajstić information content (AvgIpc) is 2.58. The Balaban J connectivity index is 2.03. The van der Waals surface area contributed by atoms with Crippen molar-refractivity contribution in [1.29, 1.82) is 0 Å². The Hall–Kier alpha value is -2.82. The van der Waals surface area contributed by atoms with Crippen molar-refractivity contribution >= 4 is 11.9 Å². The Kier molecular flexibility index (Phi) is 5.95. The molecule has 0 aliphatic heterocycles. The summed E-state index contributed by atoms with van der Waals surface area (Å²) in [5.74, 6) is -1.12. The standard InChI is InChI=1S/C19H21NO4/c1-13(2)17(19(22)23)20-18(21)15-9-6-10-16(11-15)24-12-14-7-4-3-5-8-14/h3-11,13,17H,12H2,1-2H3,(H,20,21)(H,22,23)/t17-/m0/s1. The van der Waals surface area contributed by atoms with Gasteiger partial charge in [-0.3, -0.25) is 4.79 Å². The smallest absolute Gasteiger partial charge is 0.326 e. The predicted octanol–water partition coefficient (Wildman–Crippen LogP) is 3.10. The van der Waals surface area contributed by atoms with Gasteiger partial charge in [-0.05, 0) is 29.7 Å². The lowest BCUT2D eigenvalue weighted by Gasteiger charge is -2.18. The molecule has 0 radical (unpaired) electrons. The fourth-order valence-corrected chi connectivity index (χ4v) is 2.21. The normalized spacial score (nSPS) is 11.8. The molecule has 0 aliphatic rings. The highest BCUT2D eigenvalue weighted by molar-refractivity contribution is 5.96. The number of carbonyl (C=O) groups is 2. The molecule has 5 nitrogen and oxygen atoms in total. The highest BCUT2D eigenvalue weighted by Crippen LogP contribution is 2.16.